The SMILES string of the molecule is [Pt+2].[c-]1c(C2=CCCC=N2)cccc1N(c1[c-]c(-c2ccccn2)ccc1)c1ccccc1. The number of aliphatic imine (C=N–C) groups is 1. The van der Waals surface area contributed by atoms with E-state index in [1.807, 2.05) is 54.7 Å². The number of anilines is 3. The van der Waals surface area contributed by atoms with Gasteiger partial charge in [0.15, 0.2) is 0 Å². The van der Waals surface area contributed by atoms with Crippen molar-refractivity contribution < 1.29 is 21.1 Å². The van der Waals surface area contributed by atoms with E-state index in [4.69, 9.17) is 0 Å². The summed E-state index contributed by atoms with van der Waals surface area (Å²) in [6.07, 6.45) is 7.97. The maximum atomic E-state index is 4.57. The molecule has 0 unspecified atom stereocenters. The standard InChI is InChI=1S/C28H21N3.Pt/c1-2-12-24(13-3-1)31(25-14-8-10-22(20-25)27-16-4-6-18-29-27)26-15-9-11-23(21-26)28-17-5-7-19-30-28;/h1-4,6,8-19H,5,7H2;/q-2;+2. The van der Waals surface area contributed by atoms with Gasteiger partial charge in [-0.2, -0.15) is 0 Å². The Kier molecular flexibility index (Phi) is 7.09. The molecule has 1 aliphatic rings. The van der Waals surface area contributed by atoms with Crippen LogP contribution in [0.3, 0.4) is 0 Å². The number of para-hydroxylation sites is 1. The van der Waals surface area contributed by atoms with Gasteiger partial charge in [0.2, 0.25) is 0 Å². The summed E-state index contributed by atoms with van der Waals surface area (Å²) in [4.78, 5) is 11.2. The van der Waals surface area contributed by atoms with E-state index in [0.717, 1.165) is 52.4 Å². The van der Waals surface area contributed by atoms with E-state index in [-0.39, 0.29) is 21.1 Å². The van der Waals surface area contributed by atoms with Crippen LogP contribution >= 0.6 is 0 Å². The molecule has 4 aromatic rings. The molecule has 0 saturated carbocycles. The van der Waals surface area contributed by atoms with Gasteiger partial charge >= 0.3 is 21.1 Å². The van der Waals surface area contributed by atoms with Crippen LogP contribution in [0, 0.1) is 12.1 Å². The van der Waals surface area contributed by atoms with Gasteiger partial charge in [0.1, 0.15) is 0 Å². The van der Waals surface area contributed by atoms with Crippen molar-refractivity contribution in [1.29, 1.82) is 0 Å². The van der Waals surface area contributed by atoms with E-state index in [1.165, 1.54) is 0 Å². The van der Waals surface area contributed by atoms with Crippen molar-refractivity contribution in [2.24, 2.45) is 4.99 Å². The molecule has 0 aliphatic carbocycles. The van der Waals surface area contributed by atoms with Gasteiger partial charge in [-0.1, -0.05) is 30.3 Å². The van der Waals surface area contributed by atoms with Crippen LogP contribution in [0.2, 0.25) is 0 Å². The van der Waals surface area contributed by atoms with Crippen LogP contribution in [-0.4, -0.2) is 11.2 Å². The molecular formula is C28H21N3Pt. The van der Waals surface area contributed by atoms with Crippen LogP contribution in [0.5, 0.6) is 0 Å². The summed E-state index contributed by atoms with van der Waals surface area (Å²) in [6, 6.07) is 35.7. The first-order chi connectivity index (χ1) is 15.4. The summed E-state index contributed by atoms with van der Waals surface area (Å²) < 4.78 is 0. The molecule has 0 radical (unpaired) electrons. The predicted octanol–water partition coefficient (Wildman–Crippen LogP) is 7.02. The van der Waals surface area contributed by atoms with Crippen LogP contribution in [0.25, 0.3) is 17.0 Å². The Morgan fingerprint density at radius 3 is 2.09 bits per heavy atom. The van der Waals surface area contributed by atoms with Gasteiger partial charge in [-0.25, -0.2) is 0 Å². The van der Waals surface area contributed by atoms with E-state index in [1.54, 1.807) is 6.20 Å². The van der Waals surface area contributed by atoms with Crippen molar-refractivity contribution in [3.63, 3.8) is 0 Å². The van der Waals surface area contributed by atoms with E-state index in [0.29, 0.717) is 0 Å². The van der Waals surface area contributed by atoms with E-state index in [2.05, 4.69) is 69.5 Å². The van der Waals surface area contributed by atoms with Crippen molar-refractivity contribution in [2.75, 3.05) is 4.90 Å². The van der Waals surface area contributed by atoms with Gasteiger partial charge in [0.25, 0.3) is 0 Å². The summed E-state index contributed by atoms with van der Waals surface area (Å²) in [5.41, 5.74) is 6.75. The van der Waals surface area contributed by atoms with Crippen LogP contribution in [0.1, 0.15) is 18.4 Å². The Morgan fingerprint density at radius 1 is 0.688 bits per heavy atom. The summed E-state index contributed by atoms with van der Waals surface area (Å²) in [7, 11) is 0. The first-order valence-corrected chi connectivity index (χ1v) is 10.4. The van der Waals surface area contributed by atoms with Crippen molar-refractivity contribution in [1.82, 2.24) is 4.98 Å². The Balaban J connectivity index is 0.00000245. The van der Waals surface area contributed by atoms with E-state index < -0.39 is 0 Å². The Hall–Kier alpha value is -3.29. The van der Waals surface area contributed by atoms with Gasteiger partial charge in [-0.3, -0.25) is 0 Å². The van der Waals surface area contributed by atoms with Crippen LogP contribution < -0.4 is 4.90 Å². The monoisotopic (exact) mass is 594 g/mol. The molecule has 0 N–H and O–H groups in total. The second-order valence-electron chi connectivity index (χ2n) is 7.26. The van der Waals surface area contributed by atoms with Gasteiger partial charge in [0, 0.05) is 11.9 Å². The largest absolute Gasteiger partial charge is 2.00 e. The zero-order valence-electron chi connectivity index (χ0n) is 17.4. The Bertz CT molecular complexity index is 1230. The van der Waals surface area contributed by atoms with Crippen molar-refractivity contribution in [3.8, 4) is 11.3 Å². The number of pyridine rings is 1. The third kappa shape index (κ3) is 4.79. The Morgan fingerprint density at radius 2 is 1.41 bits per heavy atom. The topological polar surface area (TPSA) is 28.5 Å². The molecule has 158 valence electrons. The molecule has 2 heterocycles. The fourth-order valence-corrected chi connectivity index (χ4v) is 3.67. The summed E-state index contributed by atoms with van der Waals surface area (Å²) in [5, 5.41) is 0. The summed E-state index contributed by atoms with van der Waals surface area (Å²) >= 11 is 0. The molecule has 0 fully saturated rings. The van der Waals surface area contributed by atoms with Crippen LogP contribution in [0.15, 0.2) is 102 Å². The minimum Gasteiger partial charge on any atom is -0.346 e. The van der Waals surface area contributed by atoms with Crippen LogP contribution in [-0.2, 0) is 21.1 Å². The minimum atomic E-state index is 0. The fourth-order valence-electron chi connectivity index (χ4n) is 3.67. The summed E-state index contributed by atoms with van der Waals surface area (Å²) in [5.74, 6) is 0. The molecule has 0 bridgehead atoms. The quantitative estimate of drug-likeness (QED) is 0.233. The number of hydrogen-bond acceptors (Lipinski definition) is 3. The smallest absolute Gasteiger partial charge is 0.346 e. The predicted molar refractivity (Wildman–Crippen MR) is 128 cm³/mol. The molecule has 0 amide bonds. The number of aromatic nitrogens is 1. The number of benzene rings is 3. The molecule has 0 saturated heterocycles. The Labute approximate surface area is 203 Å². The van der Waals surface area contributed by atoms with Gasteiger partial charge in [-0.15, -0.1) is 65.7 Å². The molecule has 1 aliphatic heterocycles. The molecule has 0 atom stereocenters. The third-order valence-corrected chi connectivity index (χ3v) is 5.14. The first-order valence-electron chi connectivity index (χ1n) is 10.4. The molecule has 3 aromatic carbocycles. The number of allylic oxidation sites excluding steroid dienone is 1. The third-order valence-electron chi connectivity index (χ3n) is 5.14. The number of hydrogen-bond donors (Lipinski definition) is 0. The number of rotatable bonds is 5. The van der Waals surface area contributed by atoms with Gasteiger partial charge in [-0.05, 0) is 60.0 Å². The van der Waals surface area contributed by atoms with E-state index >= 15 is 0 Å². The van der Waals surface area contributed by atoms with Crippen LogP contribution in [0.4, 0.5) is 17.1 Å². The van der Waals surface area contributed by atoms with Gasteiger partial charge < -0.3 is 14.9 Å². The second kappa shape index (κ2) is 10.3. The molecule has 32 heavy (non-hydrogen) atoms. The van der Waals surface area contributed by atoms with Crippen molar-refractivity contribution >= 4 is 29.0 Å². The average molecular weight is 595 g/mol. The molecule has 1 aromatic heterocycles. The molecule has 3 nitrogen and oxygen atoms in total. The van der Waals surface area contributed by atoms with Crippen molar-refractivity contribution in [2.45, 2.75) is 12.8 Å². The molecule has 5 rings (SSSR count). The zero-order valence-corrected chi connectivity index (χ0v) is 19.7. The normalized spacial score (nSPS) is 12.6. The average Bonchev–Trinajstić information content (AvgIpc) is 2.86. The second-order valence-corrected chi connectivity index (χ2v) is 7.26. The molecular weight excluding hydrogens is 573 g/mol. The first kappa shape index (κ1) is 21.9. The maximum Gasteiger partial charge on any atom is 2.00 e. The maximum absolute atomic E-state index is 4.57. The van der Waals surface area contributed by atoms with Crippen molar-refractivity contribution in [3.05, 3.63) is 115 Å². The van der Waals surface area contributed by atoms with Gasteiger partial charge in [0.05, 0.1) is 0 Å². The fraction of sp³-hybridized carbons (Fsp3) is 0.0714. The molecule has 4 heteroatoms. The van der Waals surface area contributed by atoms with E-state index in [9.17, 15) is 0 Å². The molecule has 0 spiro atoms. The zero-order chi connectivity index (χ0) is 20.9. The number of nitrogens with zero attached hydrogens (tertiary/aromatic N) is 3. The minimum absolute atomic E-state index is 0. The summed E-state index contributed by atoms with van der Waals surface area (Å²) in [6.45, 7) is 0.